The lowest BCUT2D eigenvalue weighted by molar-refractivity contribution is 1.33. The zero-order chi connectivity index (χ0) is 68.5. The van der Waals surface area contributed by atoms with E-state index >= 15 is 0 Å². The summed E-state index contributed by atoms with van der Waals surface area (Å²) < 4.78 is 0. The van der Waals surface area contributed by atoms with Gasteiger partial charge in [0.25, 0.3) is 0 Å². The summed E-state index contributed by atoms with van der Waals surface area (Å²) in [5, 5.41) is 19.7. The van der Waals surface area contributed by atoms with Crippen LogP contribution >= 0.6 is 0 Å². The van der Waals surface area contributed by atoms with E-state index in [1.165, 1.54) is 242 Å². The van der Waals surface area contributed by atoms with Crippen molar-refractivity contribution >= 4 is 135 Å². The van der Waals surface area contributed by atoms with Crippen molar-refractivity contribution in [2.45, 2.75) is 83.1 Å². The highest BCUT2D eigenvalue weighted by Gasteiger charge is 2.23. The largest absolute Gasteiger partial charge is 0.0610 e. The summed E-state index contributed by atoms with van der Waals surface area (Å²) >= 11 is 0. The van der Waals surface area contributed by atoms with E-state index in [1.807, 2.05) is 0 Å². The Labute approximate surface area is 588 Å². The molecule has 1 aliphatic rings. The molecule has 0 N–H and O–H groups in total. The normalized spacial score (nSPS) is 12.4. The molecule has 0 saturated carbocycles. The third kappa shape index (κ3) is 10.3. The fourth-order valence-electron chi connectivity index (χ4n) is 18.1. The van der Waals surface area contributed by atoms with E-state index in [-0.39, 0.29) is 0 Å². The maximum absolute atomic E-state index is 2.48. The molecule has 1 aliphatic carbocycles. The minimum absolute atomic E-state index is 1.17. The number of aryl methyl sites for hydroxylation is 12. The lowest BCUT2D eigenvalue weighted by atomic mass is 9.84. The molecule has 0 aromatic heterocycles. The van der Waals surface area contributed by atoms with Crippen LogP contribution in [0.2, 0.25) is 0 Å². The van der Waals surface area contributed by atoms with Gasteiger partial charge in [0.05, 0.1) is 0 Å². The predicted octanol–water partition coefficient (Wildman–Crippen LogP) is 28.3. The van der Waals surface area contributed by atoms with Crippen molar-refractivity contribution in [2.75, 3.05) is 0 Å². The van der Waals surface area contributed by atoms with Crippen molar-refractivity contribution in [3.8, 4) is 44.5 Å². The highest BCUT2D eigenvalue weighted by Crippen LogP contribution is 2.49. The fraction of sp³-hybridized carbons (Fsp3) is 0.120. The Kier molecular flexibility index (Phi) is 15.0. The van der Waals surface area contributed by atoms with E-state index in [9.17, 15) is 0 Å². The molecule has 0 heteroatoms. The molecule has 480 valence electrons. The molecule has 0 spiro atoms. The van der Waals surface area contributed by atoms with E-state index in [1.54, 1.807) is 0 Å². The van der Waals surface area contributed by atoms with Crippen LogP contribution in [-0.2, 0) is 0 Å². The predicted molar refractivity (Wildman–Crippen MR) is 440 cm³/mol. The van der Waals surface area contributed by atoms with Gasteiger partial charge in [-0.15, -0.1) is 0 Å². The van der Waals surface area contributed by atoms with Crippen molar-refractivity contribution in [3.05, 3.63) is 330 Å². The van der Waals surface area contributed by atoms with Crippen LogP contribution in [0.4, 0.5) is 0 Å². The molecule has 16 aromatic rings. The van der Waals surface area contributed by atoms with Gasteiger partial charge in [-0.05, 0) is 327 Å². The third-order valence-electron chi connectivity index (χ3n) is 21.9. The second-order valence-electron chi connectivity index (χ2n) is 29.0. The molecule has 0 saturated heterocycles. The van der Waals surface area contributed by atoms with Gasteiger partial charge in [-0.3, -0.25) is 0 Å². The van der Waals surface area contributed by atoms with Crippen LogP contribution < -0.4 is 0 Å². The smallest absolute Gasteiger partial charge is 0.00210 e. The van der Waals surface area contributed by atoms with Crippen molar-refractivity contribution in [1.29, 1.82) is 0 Å². The quantitative estimate of drug-likeness (QED) is 0.154. The summed E-state index contributed by atoms with van der Waals surface area (Å²) in [7, 11) is 0. The summed E-state index contributed by atoms with van der Waals surface area (Å²) in [6.07, 6.45) is 19.1. The Balaban J connectivity index is 0.995. The highest BCUT2D eigenvalue weighted by molar-refractivity contribution is 6.23. The standard InChI is InChI=1S/C100H80/c1-57-45-61(5)93(62(6)46-57)97-77-29-13-21-69-37-39-71-23-15-31-79-87(71)54-89-73(25-17-33-81(89)98(79)94-63(7)47-58(2)48-64(94)8)41-43-75-27-19-35-83-91(75)56-92-76(28-20-36-84(92)100(83)96-67(11)51-60(4)52-68(96)12)44-42-74-26-18-34-82-90(74)55-88-72(40-38-70-22-14-30-78(97)86(70)53-85(69)77)24-16-32-80(88)99(82)95-65(9)49-59(3)50-66(95)10/h13-56H,1-12H3. The van der Waals surface area contributed by atoms with E-state index in [2.05, 4.69) is 350 Å². The van der Waals surface area contributed by atoms with Crippen LogP contribution in [0.25, 0.3) is 179 Å². The molecule has 8 bridgehead atoms. The first kappa shape index (κ1) is 62.1. The maximum atomic E-state index is 2.48. The number of benzene rings is 16. The van der Waals surface area contributed by atoms with Crippen LogP contribution in [0.15, 0.2) is 218 Å². The molecule has 0 unspecified atom stereocenters. The SMILES string of the molecule is Cc1cc(C)c(-c2c3cccc4c3cc3c(cccc23)C=Cc2cccc3c(-c5c(C)cc(C)cc5C)c5cccc(c5cc23)C=Cc2cccc3c(-c5c(C)cc(C)cc5C)c5cccc(c5cc23)C=Cc2cccc3c(-c5c(C)cc(C)cc5C)c5cccc(c5cc23)C=C4)c(C)c1. The molecule has 0 radical (unpaired) electrons. The van der Waals surface area contributed by atoms with Gasteiger partial charge in [0.15, 0.2) is 0 Å². The number of rotatable bonds is 4. The van der Waals surface area contributed by atoms with Crippen molar-refractivity contribution in [1.82, 2.24) is 0 Å². The van der Waals surface area contributed by atoms with Crippen LogP contribution in [0.1, 0.15) is 111 Å². The molecule has 0 amide bonds. The molecule has 0 nitrogen and oxygen atoms in total. The first-order chi connectivity index (χ1) is 48.5. The van der Waals surface area contributed by atoms with Gasteiger partial charge >= 0.3 is 0 Å². The summed E-state index contributed by atoms with van der Waals surface area (Å²) in [6, 6.07) is 84.2. The molecule has 0 aliphatic heterocycles. The van der Waals surface area contributed by atoms with Gasteiger partial charge in [0, 0.05) is 0 Å². The Morgan fingerprint density at radius 1 is 0.130 bits per heavy atom. The molecular formula is C100H80. The monoisotopic (exact) mass is 1280 g/mol. The van der Waals surface area contributed by atoms with E-state index in [0.717, 1.165) is 0 Å². The van der Waals surface area contributed by atoms with Gasteiger partial charge in [-0.1, -0.05) is 265 Å². The van der Waals surface area contributed by atoms with Gasteiger partial charge in [0.1, 0.15) is 0 Å². The lowest BCUT2D eigenvalue weighted by Gasteiger charge is -2.20. The van der Waals surface area contributed by atoms with Gasteiger partial charge < -0.3 is 0 Å². The Morgan fingerprint density at radius 2 is 0.260 bits per heavy atom. The summed E-state index contributed by atoms with van der Waals surface area (Å²) in [6.45, 7) is 27.2. The van der Waals surface area contributed by atoms with E-state index in [0.29, 0.717) is 0 Å². The van der Waals surface area contributed by atoms with Crippen LogP contribution in [0.3, 0.4) is 0 Å². The molecular weight excluding hydrogens is 1200 g/mol. The molecule has 17 rings (SSSR count). The molecule has 0 fully saturated rings. The van der Waals surface area contributed by atoms with Crippen LogP contribution in [-0.4, -0.2) is 0 Å². The first-order valence-electron chi connectivity index (χ1n) is 35.5. The Bertz CT molecular complexity index is 5250. The average molecular weight is 1280 g/mol. The molecule has 100 heavy (non-hydrogen) atoms. The van der Waals surface area contributed by atoms with Crippen molar-refractivity contribution in [2.24, 2.45) is 0 Å². The zero-order valence-corrected chi connectivity index (χ0v) is 59.4. The minimum atomic E-state index is 1.17. The third-order valence-corrected chi connectivity index (χ3v) is 21.9. The number of hydrogen-bond donors (Lipinski definition) is 0. The maximum Gasteiger partial charge on any atom is -0.00210 e. The Morgan fingerprint density at radius 3 is 0.390 bits per heavy atom. The van der Waals surface area contributed by atoms with E-state index < -0.39 is 0 Å². The Hall–Kier alpha value is -11.4. The van der Waals surface area contributed by atoms with Crippen LogP contribution in [0, 0.1) is 83.1 Å². The lowest BCUT2D eigenvalue weighted by Crippen LogP contribution is -1.95. The summed E-state index contributed by atoms with van der Waals surface area (Å²) in [4.78, 5) is 0. The van der Waals surface area contributed by atoms with Gasteiger partial charge in [0.2, 0.25) is 0 Å². The average Bonchev–Trinajstić information content (AvgIpc) is 0.753. The summed E-state index contributed by atoms with van der Waals surface area (Å²) in [5.74, 6) is 0. The second kappa shape index (κ2) is 24.2. The molecule has 16 aromatic carbocycles. The van der Waals surface area contributed by atoms with Crippen molar-refractivity contribution in [3.63, 3.8) is 0 Å². The second-order valence-corrected chi connectivity index (χ2v) is 29.0. The van der Waals surface area contributed by atoms with Crippen molar-refractivity contribution < 1.29 is 0 Å². The zero-order valence-electron chi connectivity index (χ0n) is 59.4. The first-order valence-corrected chi connectivity index (χ1v) is 35.5. The van der Waals surface area contributed by atoms with E-state index in [4.69, 9.17) is 0 Å². The fourth-order valence-corrected chi connectivity index (χ4v) is 18.1. The molecule has 0 atom stereocenters. The van der Waals surface area contributed by atoms with Crippen LogP contribution in [0.5, 0.6) is 0 Å². The topological polar surface area (TPSA) is 0 Å². The van der Waals surface area contributed by atoms with Gasteiger partial charge in [-0.2, -0.15) is 0 Å². The van der Waals surface area contributed by atoms with Gasteiger partial charge in [-0.25, -0.2) is 0 Å². The summed E-state index contributed by atoms with van der Waals surface area (Å²) in [5.41, 5.74) is 35.1. The highest BCUT2D eigenvalue weighted by atomic mass is 14.3. The number of hydrogen-bond acceptors (Lipinski definition) is 0. The molecule has 0 heterocycles. The minimum Gasteiger partial charge on any atom is -0.0610 e.